The van der Waals surface area contributed by atoms with Gasteiger partial charge in [0.25, 0.3) is 11.6 Å². The van der Waals surface area contributed by atoms with Gasteiger partial charge >= 0.3 is 5.97 Å². The van der Waals surface area contributed by atoms with Crippen LogP contribution in [-0.2, 0) is 16.0 Å². The molecule has 9 heteroatoms. The third kappa shape index (κ3) is 5.54. The lowest BCUT2D eigenvalue weighted by Gasteiger charge is -2.35. The maximum absolute atomic E-state index is 12.5. The minimum absolute atomic E-state index is 0.0557. The van der Waals surface area contributed by atoms with Crippen molar-refractivity contribution in [1.82, 2.24) is 4.90 Å². The van der Waals surface area contributed by atoms with Crippen LogP contribution in [0.15, 0.2) is 42.5 Å². The summed E-state index contributed by atoms with van der Waals surface area (Å²) in [5, 5.41) is 11.6. The Labute approximate surface area is 186 Å². The predicted molar refractivity (Wildman–Crippen MR) is 119 cm³/mol. The summed E-state index contributed by atoms with van der Waals surface area (Å²) in [4.78, 5) is 39.0. The number of amides is 1. The van der Waals surface area contributed by atoms with Crippen LogP contribution < -0.4 is 9.64 Å². The molecule has 9 nitrogen and oxygen atoms in total. The molecule has 1 aliphatic rings. The van der Waals surface area contributed by atoms with E-state index in [1.807, 2.05) is 29.2 Å². The highest BCUT2D eigenvalue weighted by Gasteiger charge is 2.27. The van der Waals surface area contributed by atoms with Crippen molar-refractivity contribution < 1.29 is 24.0 Å². The van der Waals surface area contributed by atoms with Gasteiger partial charge in [0.1, 0.15) is 11.4 Å². The SMILES string of the molecule is CCOC(=O)c1ccc(N2CCN(C(=O)COc3ccc(CC)cc3)CC2)c([N+](=O)[O-])c1. The smallest absolute Gasteiger partial charge is 0.338 e. The maximum Gasteiger partial charge on any atom is 0.338 e. The molecule has 2 aromatic rings. The molecular formula is C23H27N3O6. The maximum atomic E-state index is 12.5. The van der Waals surface area contributed by atoms with Crippen LogP contribution in [0.5, 0.6) is 5.75 Å². The van der Waals surface area contributed by atoms with E-state index in [1.165, 1.54) is 17.7 Å². The van der Waals surface area contributed by atoms with Crippen molar-refractivity contribution in [3.63, 3.8) is 0 Å². The molecule has 0 N–H and O–H groups in total. The van der Waals surface area contributed by atoms with Crippen molar-refractivity contribution in [3.8, 4) is 5.75 Å². The summed E-state index contributed by atoms with van der Waals surface area (Å²) in [6.07, 6.45) is 0.938. The Bertz CT molecular complexity index is 968. The zero-order chi connectivity index (χ0) is 23.1. The van der Waals surface area contributed by atoms with Gasteiger partial charge < -0.3 is 19.3 Å². The summed E-state index contributed by atoms with van der Waals surface area (Å²) < 4.78 is 10.5. The number of hydrogen-bond donors (Lipinski definition) is 0. The number of carbonyl (C=O) groups is 2. The number of hydrogen-bond acceptors (Lipinski definition) is 7. The molecule has 170 valence electrons. The van der Waals surface area contributed by atoms with Gasteiger partial charge in [-0.1, -0.05) is 19.1 Å². The molecule has 0 aliphatic carbocycles. The summed E-state index contributed by atoms with van der Waals surface area (Å²) in [5.41, 5.74) is 1.60. The number of piperazine rings is 1. The molecule has 0 saturated carbocycles. The van der Waals surface area contributed by atoms with Crippen LogP contribution in [0.4, 0.5) is 11.4 Å². The van der Waals surface area contributed by atoms with Crippen molar-refractivity contribution in [2.45, 2.75) is 20.3 Å². The van der Waals surface area contributed by atoms with Crippen molar-refractivity contribution >= 4 is 23.3 Å². The monoisotopic (exact) mass is 441 g/mol. The van der Waals surface area contributed by atoms with E-state index in [2.05, 4.69) is 6.92 Å². The highest BCUT2D eigenvalue weighted by atomic mass is 16.6. The second kappa shape index (κ2) is 10.6. The highest BCUT2D eigenvalue weighted by molar-refractivity contribution is 5.91. The Kier molecular flexibility index (Phi) is 7.64. The molecule has 0 aromatic heterocycles. The number of rotatable bonds is 8. The van der Waals surface area contributed by atoms with Gasteiger partial charge in [-0.05, 0) is 43.2 Å². The van der Waals surface area contributed by atoms with Gasteiger partial charge in [-0.15, -0.1) is 0 Å². The van der Waals surface area contributed by atoms with E-state index < -0.39 is 10.9 Å². The van der Waals surface area contributed by atoms with Crippen LogP contribution in [0.1, 0.15) is 29.8 Å². The molecule has 1 saturated heterocycles. The third-order valence-electron chi connectivity index (χ3n) is 5.35. The zero-order valence-corrected chi connectivity index (χ0v) is 18.3. The lowest BCUT2D eigenvalue weighted by Crippen LogP contribution is -2.50. The summed E-state index contributed by atoms with van der Waals surface area (Å²) in [7, 11) is 0. The molecule has 0 bridgehead atoms. The van der Waals surface area contributed by atoms with Gasteiger partial charge in [0.2, 0.25) is 0 Å². The van der Waals surface area contributed by atoms with Crippen LogP contribution in [-0.4, -0.2) is 61.1 Å². The number of ether oxygens (including phenoxy) is 2. The largest absolute Gasteiger partial charge is 0.484 e. The number of benzene rings is 2. The number of nitrogens with zero attached hydrogens (tertiary/aromatic N) is 3. The van der Waals surface area contributed by atoms with Crippen molar-refractivity contribution in [3.05, 3.63) is 63.7 Å². The van der Waals surface area contributed by atoms with E-state index in [-0.39, 0.29) is 30.4 Å². The summed E-state index contributed by atoms with van der Waals surface area (Å²) in [6, 6.07) is 12.0. The normalized spacial score (nSPS) is 13.6. The highest BCUT2D eigenvalue weighted by Crippen LogP contribution is 2.30. The number of aryl methyl sites for hydroxylation is 1. The second-order valence-corrected chi connectivity index (χ2v) is 7.34. The lowest BCUT2D eigenvalue weighted by molar-refractivity contribution is -0.384. The Morgan fingerprint density at radius 1 is 1.03 bits per heavy atom. The molecule has 3 rings (SSSR count). The van der Waals surface area contributed by atoms with Gasteiger partial charge in [-0.25, -0.2) is 4.79 Å². The van der Waals surface area contributed by atoms with E-state index >= 15 is 0 Å². The third-order valence-corrected chi connectivity index (χ3v) is 5.35. The summed E-state index contributed by atoms with van der Waals surface area (Å²) >= 11 is 0. The molecule has 0 radical (unpaired) electrons. The topological polar surface area (TPSA) is 102 Å². The molecule has 32 heavy (non-hydrogen) atoms. The number of nitro benzene ring substituents is 1. The van der Waals surface area contributed by atoms with E-state index in [0.717, 1.165) is 6.42 Å². The fourth-order valence-electron chi connectivity index (χ4n) is 3.53. The lowest BCUT2D eigenvalue weighted by atomic mass is 10.1. The molecule has 0 atom stereocenters. The van der Waals surface area contributed by atoms with Crippen LogP contribution in [0.3, 0.4) is 0 Å². The predicted octanol–water partition coefficient (Wildman–Crippen LogP) is 3.06. The summed E-state index contributed by atoms with van der Waals surface area (Å²) in [6.45, 7) is 5.61. The number of carbonyl (C=O) groups excluding carboxylic acids is 2. The van der Waals surface area contributed by atoms with E-state index in [4.69, 9.17) is 9.47 Å². The van der Waals surface area contributed by atoms with E-state index in [0.29, 0.717) is 37.6 Å². The van der Waals surface area contributed by atoms with Crippen molar-refractivity contribution in [2.75, 3.05) is 44.3 Å². The molecule has 1 heterocycles. The minimum atomic E-state index is -0.595. The van der Waals surface area contributed by atoms with Crippen LogP contribution in [0.2, 0.25) is 0 Å². The first kappa shape index (κ1) is 23.1. The molecular weight excluding hydrogens is 414 g/mol. The van der Waals surface area contributed by atoms with Crippen molar-refractivity contribution in [1.29, 1.82) is 0 Å². The van der Waals surface area contributed by atoms with Gasteiger partial charge in [-0.2, -0.15) is 0 Å². The Morgan fingerprint density at radius 3 is 2.31 bits per heavy atom. The first-order valence-corrected chi connectivity index (χ1v) is 10.6. The van der Waals surface area contributed by atoms with Gasteiger partial charge in [0.15, 0.2) is 6.61 Å². The van der Waals surface area contributed by atoms with Gasteiger partial charge in [0, 0.05) is 32.2 Å². The molecule has 1 aliphatic heterocycles. The average Bonchev–Trinajstić information content (AvgIpc) is 2.82. The molecule has 1 amide bonds. The quantitative estimate of drug-likeness (QED) is 0.352. The fourth-order valence-corrected chi connectivity index (χ4v) is 3.53. The van der Waals surface area contributed by atoms with E-state index in [9.17, 15) is 19.7 Å². The van der Waals surface area contributed by atoms with Crippen LogP contribution in [0.25, 0.3) is 0 Å². The molecule has 0 unspecified atom stereocenters. The molecule has 1 fully saturated rings. The minimum Gasteiger partial charge on any atom is -0.484 e. The van der Waals surface area contributed by atoms with E-state index in [1.54, 1.807) is 17.9 Å². The zero-order valence-electron chi connectivity index (χ0n) is 18.3. The van der Waals surface area contributed by atoms with Gasteiger partial charge in [-0.3, -0.25) is 14.9 Å². The fraction of sp³-hybridized carbons (Fsp3) is 0.391. The van der Waals surface area contributed by atoms with Crippen LogP contribution >= 0.6 is 0 Å². The summed E-state index contributed by atoms with van der Waals surface area (Å²) in [5.74, 6) is -0.0789. The molecule has 0 spiro atoms. The van der Waals surface area contributed by atoms with Gasteiger partial charge in [0.05, 0.1) is 17.1 Å². The first-order valence-electron chi connectivity index (χ1n) is 10.6. The second-order valence-electron chi connectivity index (χ2n) is 7.34. The van der Waals surface area contributed by atoms with Crippen molar-refractivity contribution in [2.24, 2.45) is 0 Å². The Hall–Kier alpha value is -3.62. The first-order chi connectivity index (χ1) is 15.4. The Morgan fingerprint density at radius 2 is 1.72 bits per heavy atom. The molecule has 2 aromatic carbocycles. The number of esters is 1. The Balaban J connectivity index is 1.59. The standard InChI is InChI=1S/C23H27N3O6/c1-3-17-5-8-19(9-6-17)32-16-22(27)25-13-11-24(12-14-25)20-10-7-18(23(28)31-4-2)15-21(20)26(29)30/h5-10,15H,3-4,11-14,16H2,1-2H3. The van der Waals surface area contributed by atoms with Crippen LogP contribution in [0, 0.1) is 10.1 Å². The number of anilines is 1. The number of nitro groups is 1. The average molecular weight is 441 g/mol.